The standard InChI is InChI=1S/C9H11NO2/c10-12-8-4-7-11-9-5-2-1-3-6-9/h1-7H,8,10H2. The summed E-state index contributed by atoms with van der Waals surface area (Å²) in [6.07, 6.45) is 3.23. The van der Waals surface area contributed by atoms with Gasteiger partial charge in [-0.25, -0.2) is 5.90 Å². The highest BCUT2D eigenvalue weighted by atomic mass is 16.6. The van der Waals surface area contributed by atoms with E-state index in [4.69, 9.17) is 10.6 Å². The van der Waals surface area contributed by atoms with Crippen molar-refractivity contribution in [3.63, 3.8) is 0 Å². The second-order valence-electron chi connectivity index (χ2n) is 2.14. The lowest BCUT2D eigenvalue weighted by Gasteiger charge is -1.97. The van der Waals surface area contributed by atoms with Gasteiger partial charge in [0.1, 0.15) is 5.75 Å². The molecular weight excluding hydrogens is 154 g/mol. The van der Waals surface area contributed by atoms with Crippen LogP contribution in [0.4, 0.5) is 0 Å². The highest BCUT2D eigenvalue weighted by Gasteiger charge is 1.84. The molecule has 0 bridgehead atoms. The van der Waals surface area contributed by atoms with Crippen LogP contribution in [-0.4, -0.2) is 6.61 Å². The van der Waals surface area contributed by atoms with E-state index in [1.807, 2.05) is 30.3 Å². The third kappa shape index (κ3) is 3.18. The van der Waals surface area contributed by atoms with Gasteiger partial charge in [-0.05, 0) is 18.2 Å². The first kappa shape index (κ1) is 8.77. The molecule has 64 valence electrons. The van der Waals surface area contributed by atoms with E-state index < -0.39 is 0 Å². The summed E-state index contributed by atoms with van der Waals surface area (Å²) in [6, 6.07) is 9.48. The molecule has 0 radical (unpaired) electrons. The zero-order valence-electron chi connectivity index (χ0n) is 6.64. The average molecular weight is 165 g/mol. The smallest absolute Gasteiger partial charge is 0.126 e. The maximum absolute atomic E-state index is 5.19. The van der Waals surface area contributed by atoms with Crippen molar-refractivity contribution in [2.24, 2.45) is 5.90 Å². The van der Waals surface area contributed by atoms with Crippen LogP contribution in [0.15, 0.2) is 42.7 Å². The summed E-state index contributed by atoms with van der Waals surface area (Å²) in [5, 5.41) is 0. The molecule has 1 rings (SSSR count). The molecule has 1 aromatic rings. The topological polar surface area (TPSA) is 44.5 Å². The minimum atomic E-state index is 0.354. The van der Waals surface area contributed by atoms with Gasteiger partial charge in [0.15, 0.2) is 0 Å². The molecule has 0 aliphatic heterocycles. The molecule has 0 amide bonds. The van der Waals surface area contributed by atoms with E-state index in [1.54, 1.807) is 12.3 Å². The van der Waals surface area contributed by atoms with Gasteiger partial charge in [0, 0.05) is 0 Å². The third-order valence-electron chi connectivity index (χ3n) is 1.24. The van der Waals surface area contributed by atoms with Crippen LogP contribution in [0.1, 0.15) is 0 Å². The van der Waals surface area contributed by atoms with E-state index in [0.717, 1.165) is 5.75 Å². The normalized spacial score (nSPS) is 10.4. The molecule has 12 heavy (non-hydrogen) atoms. The Balaban J connectivity index is 2.33. The van der Waals surface area contributed by atoms with Crippen LogP contribution >= 0.6 is 0 Å². The lowest BCUT2D eigenvalue weighted by Crippen LogP contribution is -1.97. The number of nitrogens with two attached hydrogens (primary N) is 1. The third-order valence-corrected chi connectivity index (χ3v) is 1.24. The SMILES string of the molecule is NOCC=COc1ccccc1. The Hall–Kier alpha value is -1.32. The van der Waals surface area contributed by atoms with Crippen LogP contribution in [0, 0.1) is 0 Å². The molecule has 0 saturated carbocycles. The predicted octanol–water partition coefficient (Wildman–Crippen LogP) is 1.47. The Labute approximate surface area is 71.4 Å². The van der Waals surface area contributed by atoms with E-state index in [-0.39, 0.29) is 0 Å². The van der Waals surface area contributed by atoms with E-state index in [1.165, 1.54) is 0 Å². The Morgan fingerprint density at radius 1 is 1.25 bits per heavy atom. The predicted molar refractivity (Wildman–Crippen MR) is 46.3 cm³/mol. The Kier molecular flexibility index (Phi) is 3.91. The molecule has 1 aromatic carbocycles. The van der Waals surface area contributed by atoms with Crippen molar-refractivity contribution < 1.29 is 9.57 Å². The number of hydrogen-bond acceptors (Lipinski definition) is 3. The van der Waals surface area contributed by atoms with Crippen LogP contribution in [0.2, 0.25) is 0 Å². The molecule has 0 aliphatic carbocycles. The largest absolute Gasteiger partial charge is 0.465 e. The Morgan fingerprint density at radius 2 is 2.00 bits per heavy atom. The fourth-order valence-electron chi connectivity index (χ4n) is 0.721. The van der Waals surface area contributed by atoms with Crippen LogP contribution in [0.5, 0.6) is 5.75 Å². The second-order valence-corrected chi connectivity index (χ2v) is 2.14. The highest BCUT2D eigenvalue weighted by molar-refractivity contribution is 5.21. The maximum atomic E-state index is 5.19. The molecule has 0 saturated heterocycles. The summed E-state index contributed by atoms with van der Waals surface area (Å²) in [5.74, 6) is 5.60. The minimum Gasteiger partial charge on any atom is -0.465 e. The first-order valence-electron chi connectivity index (χ1n) is 3.62. The van der Waals surface area contributed by atoms with Crippen molar-refractivity contribution in [2.45, 2.75) is 0 Å². The molecule has 3 heteroatoms. The van der Waals surface area contributed by atoms with Crippen LogP contribution in [0.3, 0.4) is 0 Å². The van der Waals surface area contributed by atoms with Crippen molar-refractivity contribution >= 4 is 0 Å². The molecule has 0 aromatic heterocycles. The van der Waals surface area contributed by atoms with Crippen LogP contribution in [-0.2, 0) is 4.84 Å². The Morgan fingerprint density at radius 3 is 2.67 bits per heavy atom. The van der Waals surface area contributed by atoms with Crippen molar-refractivity contribution in [1.82, 2.24) is 0 Å². The summed E-state index contributed by atoms with van der Waals surface area (Å²) in [6.45, 7) is 0.354. The summed E-state index contributed by atoms with van der Waals surface area (Å²) in [4.78, 5) is 4.31. The van der Waals surface area contributed by atoms with Gasteiger partial charge in [0.25, 0.3) is 0 Å². The molecule has 0 heterocycles. The first-order chi connectivity index (χ1) is 5.93. The van der Waals surface area contributed by atoms with Gasteiger partial charge in [-0.2, -0.15) is 0 Å². The summed E-state index contributed by atoms with van der Waals surface area (Å²) in [7, 11) is 0. The fraction of sp³-hybridized carbons (Fsp3) is 0.111. The number of ether oxygens (including phenoxy) is 1. The molecule has 0 spiro atoms. The van der Waals surface area contributed by atoms with Gasteiger partial charge in [0.05, 0.1) is 12.9 Å². The van der Waals surface area contributed by atoms with E-state index in [0.29, 0.717) is 6.61 Å². The van der Waals surface area contributed by atoms with Crippen molar-refractivity contribution in [3.05, 3.63) is 42.7 Å². The van der Waals surface area contributed by atoms with Crippen LogP contribution in [0.25, 0.3) is 0 Å². The van der Waals surface area contributed by atoms with E-state index in [9.17, 15) is 0 Å². The van der Waals surface area contributed by atoms with Gasteiger partial charge in [-0.15, -0.1) is 0 Å². The summed E-state index contributed by atoms with van der Waals surface area (Å²) in [5.41, 5.74) is 0. The number of para-hydroxylation sites is 1. The number of benzene rings is 1. The molecule has 0 fully saturated rings. The second kappa shape index (κ2) is 5.35. The molecule has 0 unspecified atom stereocenters. The van der Waals surface area contributed by atoms with Crippen molar-refractivity contribution in [1.29, 1.82) is 0 Å². The molecule has 0 aliphatic rings. The van der Waals surface area contributed by atoms with E-state index in [2.05, 4.69) is 4.84 Å². The lowest BCUT2D eigenvalue weighted by molar-refractivity contribution is 0.166. The van der Waals surface area contributed by atoms with Gasteiger partial charge in [-0.1, -0.05) is 18.2 Å². The number of hydrogen-bond donors (Lipinski definition) is 1. The number of rotatable bonds is 4. The van der Waals surface area contributed by atoms with Crippen molar-refractivity contribution in [2.75, 3.05) is 6.61 Å². The molecule has 3 nitrogen and oxygen atoms in total. The van der Waals surface area contributed by atoms with Crippen LogP contribution < -0.4 is 10.6 Å². The first-order valence-corrected chi connectivity index (χ1v) is 3.62. The molecule has 2 N–H and O–H groups in total. The molecular formula is C9H11NO2. The van der Waals surface area contributed by atoms with Gasteiger partial charge < -0.3 is 9.57 Å². The maximum Gasteiger partial charge on any atom is 0.126 e. The fourth-order valence-corrected chi connectivity index (χ4v) is 0.721. The minimum absolute atomic E-state index is 0.354. The van der Waals surface area contributed by atoms with Gasteiger partial charge in [-0.3, -0.25) is 0 Å². The van der Waals surface area contributed by atoms with E-state index >= 15 is 0 Å². The zero-order valence-corrected chi connectivity index (χ0v) is 6.64. The lowest BCUT2D eigenvalue weighted by atomic mass is 10.3. The highest BCUT2D eigenvalue weighted by Crippen LogP contribution is 2.07. The van der Waals surface area contributed by atoms with Gasteiger partial charge >= 0.3 is 0 Å². The monoisotopic (exact) mass is 165 g/mol. The van der Waals surface area contributed by atoms with Gasteiger partial charge in [0.2, 0.25) is 0 Å². The quantitative estimate of drug-likeness (QED) is 0.542. The summed E-state index contributed by atoms with van der Waals surface area (Å²) >= 11 is 0. The van der Waals surface area contributed by atoms with Crippen molar-refractivity contribution in [3.8, 4) is 5.75 Å². The Bertz CT molecular complexity index is 234. The molecule has 0 atom stereocenters. The summed E-state index contributed by atoms with van der Waals surface area (Å²) < 4.78 is 5.19. The average Bonchev–Trinajstić information content (AvgIpc) is 2.14. The zero-order chi connectivity index (χ0) is 8.65.